The summed E-state index contributed by atoms with van der Waals surface area (Å²) in [7, 11) is 0. The SMILES string of the molecule is c1ccc(-c2ccc(N(c3ccc4ccccc4c3)c3ccc4c(c3)sc3ncccc34)cc2)cc1. The topological polar surface area (TPSA) is 16.1 Å². The Bertz CT molecular complexity index is 1840. The molecule has 0 unspecified atom stereocenters. The first kappa shape index (κ1) is 20.9. The molecule has 5 aromatic carbocycles. The Morgan fingerprint density at radius 2 is 1.19 bits per heavy atom. The van der Waals surface area contributed by atoms with Gasteiger partial charge in [-0.25, -0.2) is 4.98 Å². The molecule has 0 N–H and O–H groups in total. The van der Waals surface area contributed by atoms with Crippen molar-refractivity contribution in [2.45, 2.75) is 0 Å². The molecule has 3 heteroatoms. The molecule has 0 aliphatic rings. The van der Waals surface area contributed by atoms with E-state index in [0.717, 1.165) is 21.9 Å². The maximum Gasteiger partial charge on any atom is 0.124 e. The summed E-state index contributed by atoms with van der Waals surface area (Å²) in [6.07, 6.45) is 1.87. The van der Waals surface area contributed by atoms with Crippen molar-refractivity contribution in [3.05, 3.63) is 134 Å². The molecule has 0 saturated carbocycles. The molecule has 0 radical (unpaired) electrons. The average Bonchev–Trinajstić information content (AvgIpc) is 3.32. The van der Waals surface area contributed by atoms with Gasteiger partial charge in [-0.05, 0) is 70.4 Å². The Balaban J connectivity index is 1.39. The molecule has 0 aliphatic carbocycles. The first-order chi connectivity index (χ1) is 17.8. The van der Waals surface area contributed by atoms with Crippen LogP contribution in [-0.4, -0.2) is 4.98 Å². The Labute approximate surface area is 213 Å². The zero-order valence-electron chi connectivity index (χ0n) is 19.5. The van der Waals surface area contributed by atoms with E-state index in [1.807, 2.05) is 12.3 Å². The summed E-state index contributed by atoms with van der Waals surface area (Å²) in [5.41, 5.74) is 5.84. The molecule has 7 rings (SSSR count). The highest BCUT2D eigenvalue weighted by atomic mass is 32.1. The van der Waals surface area contributed by atoms with Gasteiger partial charge in [-0.2, -0.15) is 0 Å². The van der Waals surface area contributed by atoms with E-state index in [2.05, 4.69) is 131 Å². The molecular formula is C33H22N2S. The van der Waals surface area contributed by atoms with E-state index in [4.69, 9.17) is 0 Å². The van der Waals surface area contributed by atoms with Gasteiger partial charge in [0, 0.05) is 38.7 Å². The second-order valence-corrected chi connectivity index (χ2v) is 9.95. The van der Waals surface area contributed by atoms with Crippen molar-refractivity contribution in [1.29, 1.82) is 0 Å². The number of anilines is 3. The molecule has 0 aliphatic heterocycles. The lowest BCUT2D eigenvalue weighted by Gasteiger charge is -2.26. The van der Waals surface area contributed by atoms with Crippen molar-refractivity contribution in [2.75, 3.05) is 4.90 Å². The van der Waals surface area contributed by atoms with Gasteiger partial charge in [-0.3, -0.25) is 0 Å². The Morgan fingerprint density at radius 3 is 2.06 bits per heavy atom. The van der Waals surface area contributed by atoms with Crippen LogP contribution in [0.5, 0.6) is 0 Å². The van der Waals surface area contributed by atoms with E-state index in [1.165, 1.54) is 37.4 Å². The van der Waals surface area contributed by atoms with Gasteiger partial charge in [-0.15, -0.1) is 11.3 Å². The lowest BCUT2D eigenvalue weighted by Crippen LogP contribution is -2.09. The van der Waals surface area contributed by atoms with Gasteiger partial charge in [0.15, 0.2) is 0 Å². The van der Waals surface area contributed by atoms with Crippen LogP contribution in [0.2, 0.25) is 0 Å². The monoisotopic (exact) mass is 478 g/mol. The third kappa shape index (κ3) is 3.62. The zero-order chi connectivity index (χ0) is 23.9. The highest BCUT2D eigenvalue weighted by molar-refractivity contribution is 7.25. The van der Waals surface area contributed by atoms with E-state index in [0.29, 0.717) is 0 Å². The largest absolute Gasteiger partial charge is 0.310 e. The summed E-state index contributed by atoms with van der Waals surface area (Å²) < 4.78 is 1.24. The molecular weight excluding hydrogens is 456 g/mol. The molecule has 2 nitrogen and oxygen atoms in total. The third-order valence-corrected chi connectivity index (χ3v) is 7.79. The van der Waals surface area contributed by atoms with Gasteiger partial charge in [0.05, 0.1) is 0 Å². The van der Waals surface area contributed by atoms with E-state index in [-0.39, 0.29) is 0 Å². The van der Waals surface area contributed by atoms with Gasteiger partial charge >= 0.3 is 0 Å². The van der Waals surface area contributed by atoms with E-state index in [9.17, 15) is 0 Å². The van der Waals surface area contributed by atoms with Crippen molar-refractivity contribution >= 4 is 59.5 Å². The number of pyridine rings is 1. The van der Waals surface area contributed by atoms with Crippen LogP contribution in [0.15, 0.2) is 134 Å². The molecule has 36 heavy (non-hydrogen) atoms. The standard InChI is InChI=1S/C33H22N2S/c1-2-7-23(8-3-1)25-12-15-27(16-13-25)35(28-17-14-24-9-4-5-10-26(24)21-28)29-18-19-30-31-11-6-20-34-33(31)36-32(30)22-29/h1-22H. The Hall–Kier alpha value is -4.47. The molecule has 0 spiro atoms. The molecule has 0 fully saturated rings. The molecule has 0 bridgehead atoms. The normalized spacial score (nSPS) is 11.3. The summed E-state index contributed by atoms with van der Waals surface area (Å²) in [6, 6.07) is 45.5. The highest BCUT2D eigenvalue weighted by Gasteiger charge is 2.15. The lowest BCUT2D eigenvalue weighted by atomic mass is 10.0. The van der Waals surface area contributed by atoms with Crippen LogP contribution < -0.4 is 4.90 Å². The fourth-order valence-corrected chi connectivity index (χ4v) is 6.01. The summed E-state index contributed by atoms with van der Waals surface area (Å²) >= 11 is 1.75. The maximum atomic E-state index is 4.59. The van der Waals surface area contributed by atoms with Crippen molar-refractivity contribution in [3.63, 3.8) is 0 Å². The van der Waals surface area contributed by atoms with Crippen molar-refractivity contribution < 1.29 is 0 Å². The van der Waals surface area contributed by atoms with Crippen molar-refractivity contribution in [2.24, 2.45) is 0 Å². The van der Waals surface area contributed by atoms with Crippen molar-refractivity contribution in [3.8, 4) is 11.1 Å². The highest BCUT2D eigenvalue weighted by Crippen LogP contribution is 2.41. The number of benzene rings is 5. The van der Waals surface area contributed by atoms with Crippen LogP contribution in [-0.2, 0) is 0 Å². The smallest absolute Gasteiger partial charge is 0.124 e. The second kappa shape index (κ2) is 8.63. The summed E-state index contributed by atoms with van der Waals surface area (Å²) in [5, 5.41) is 4.94. The van der Waals surface area contributed by atoms with Crippen LogP contribution >= 0.6 is 11.3 Å². The number of hydrogen-bond acceptors (Lipinski definition) is 3. The first-order valence-electron chi connectivity index (χ1n) is 12.1. The second-order valence-electron chi connectivity index (χ2n) is 8.92. The Kier molecular flexibility index (Phi) is 5.00. The van der Waals surface area contributed by atoms with E-state index < -0.39 is 0 Å². The molecule has 2 aromatic heterocycles. The van der Waals surface area contributed by atoms with Crippen LogP contribution in [0, 0.1) is 0 Å². The van der Waals surface area contributed by atoms with Gasteiger partial charge in [0.2, 0.25) is 0 Å². The van der Waals surface area contributed by atoms with E-state index in [1.54, 1.807) is 11.3 Å². The van der Waals surface area contributed by atoms with Crippen LogP contribution in [0.1, 0.15) is 0 Å². The summed E-state index contributed by atoms with van der Waals surface area (Å²) in [5.74, 6) is 0. The van der Waals surface area contributed by atoms with Crippen LogP contribution in [0.3, 0.4) is 0 Å². The molecule has 0 amide bonds. The summed E-state index contributed by atoms with van der Waals surface area (Å²) in [6.45, 7) is 0. The fourth-order valence-electron chi connectivity index (χ4n) is 4.93. The quantitative estimate of drug-likeness (QED) is 0.250. The summed E-state index contributed by atoms with van der Waals surface area (Å²) in [4.78, 5) is 8.01. The predicted octanol–water partition coefficient (Wildman–Crippen LogP) is 9.74. The number of hydrogen-bond donors (Lipinski definition) is 0. The minimum absolute atomic E-state index is 1.08. The molecule has 0 saturated heterocycles. The number of nitrogens with zero attached hydrogens (tertiary/aromatic N) is 2. The van der Waals surface area contributed by atoms with Gasteiger partial charge in [0.1, 0.15) is 4.83 Å². The van der Waals surface area contributed by atoms with Crippen LogP contribution in [0.4, 0.5) is 17.1 Å². The first-order valence-corrected chi connectivity index (χ1v) is 12.9. The van der Waals surface area contributed by atoms with E-state index >= 15 is 0 Å². The molecule has 170 valence electrons. The number of fused-ring (bicyclic) bond motifs is 4. The number of thiophene rings is 1. The lowest BCUT2D eigenvalue weighted by molar-refractivity contribution is 1.30. The maximum absolute atomic E-state index is 4.59. The predicted molar refractivity (Wildman–Crippen MR) is 155 cm³/mol. The third-order valence-electron chi connectivity index (χ3n) is 6.72. The zero-order valence-corrected chi connectivity index (χ0v) is 20.3. The average molecular weight is 479 g/mol. The number of aromatic nitrogens is 1. The van der Waals surface area contributed by atoms with Crippen LogP contribution in [0.25, 0.3) is 42.2 Å². The van der Waals surface area contributed by atoms with Gasteiger partial charge in [0.25, 0.3) is 0 Å². The molecule has 0 atom stereocenters. The van der Waals surface area contributed by atoms with Gasteiger partial charge < -0.3 is 4.90 Å². The van der Waals surface area contributed by atoms with Crippen molar-refractivity contribution in [1.82, 2.24) is 4.98 Å². The molecule has 7 aromatic rings. The molecule has 2 heterocycles. The number of rotatable bonds is 4. The fraction of sp³-hybridized carbons (Fsp3) is 0. The Morgan fingerprint density at radius 1 is 0.500 bits per heavy atom. The minimum atomic E-state index is 1.08. The van der Waals surface area contributed by atoms with Gasteiger partial charge in [-0.1, -0.05) is 78.9 Å². The minimum Gasteiger partial charge on any atom is -0.310 e.